The average molecular weight is 458 g/mol. The topological polar surface area (TPSA) is 34.1 Å². The highest BCUT2D eigenvalue weighted by molar-refractivity contribution is 14.2. The van der Waals surface area contributed by atoms with Crippen molar-refractivity contribution in [3.8, 4) is 0 Å². The number of alkyl halides is 2. The monoisotopic (exact) mass is 458 g/mol. The molecule has 0 aromatic rings. The van der Waals surface area contributed by atoms with E-state index in [4.69, 9.17) is 0 Å². The van der Waals surface area contributed by atoms with Crippen LogP contribution in [0.5, 0.6) is 0 Å². The van der Waals surface area contributed by atoms with Crippen LogP contribution in [0.4, 0.5) is 0 Å². The molecule has 7 heavy (non-hydrogen) atoms. The van der Waals surface area contributed by atoms with Crippen LogP contribution in [0.25, 0.3) is 0 Å². The smallest absolute Gasteiger partial charge is 0.216 e. The first kappa shape index (κ1) is 9.14. The van der Waals surface area contributed by atoms with Crippen LogP contribution < -0.4 is 0 Å². The van der Waals surface area contributed by atoms with Gasteiger partial charge in [0.1, 0.15) is 0 Å². The summed E-state index contributed by atoms with van der Waals surface area (Å²) in [6, 6.07) is 0. The van der Waals surface area contributed by atoms with Crippen molar-refractivity contribution in [2.24, 2.45) is 0 Å². The van der Waals surface area contributed by atoms with Crippen molar-refractivity contribution in [1.29, 1.82) is 0 Å². The van der Waals surface area contributed by atoms with Crippen LogP contribution in [0.1, 0.15) is 0 Å². The molecule has 0 fully saturated rings. The molecular formula is CHI3O2S. The van der Waals surface area contributed by atoms with Crippen LogP contribution in [0, 0.1) is 0 Å². The molecule has 0 aliphatic carbocycles. The molecule has 0 spiro atoms. The fourth-order valence-electron chi connectivity index (χ4n) is 0. The van der Waals surface area contributed by atoms with Crippen LogP contribution in [-0.4, -0.2) is 9.68 Å². The quantitative estimate of drug-likeness (QED) is 0.342. The molecule has 0 aromatic heterocycles. The van der Waals surface area contributed by atoms with E-state index in [0.29, 0.717) is 0 Å². The molecular weight excluding hydrogens is 457 g/mol. The van der Waals surface area contributed by atoms with Crippen molar-refractivity contribution in [2.75, 3.05) is 0 Å². The van der Waals surface area contributed by atoms with E-state index in [0.717, 1.165) is 0 Å². The maximum Gasteiger partial charge on any atom is 0.224 e. The second-order valence-corrected chi connectivity index (χ2v) is 12.4. The molecule has 0 rings (SSSR count). The van der Waals surface area contributed by atoms with Gasteiger partial charge >= 0.3 is 0 Å². The number of halogens is 3. The molecule has 0 aliphatic rings. The van der Waals surface area contributed by atoms with Crippen molar-refractivity contribution in [3.63, 3.8) is 0 Å². The zero-order valence-corrected chi connectivity index (χ0v) is 10.2. The fourth-order valence-corrected chi connectivity index (χ4v) is 0. The minimum absolute atomic E-state index is 0.303. The summed E-state index contributed by atoms with van der Waals surface area (Å²) in [5, 5.41) is 0. The van der Waals surface area contributed by atoms with E-state index in [1.54, 1.807) is 0 Å². The number of rotatable bonds is 1. The first-order valence-corrected chi connectivity index (χ1v) is 7.74. The third kappa shape index (κ3) is 4.63. The van der Waals surface area contributed by atoms with E-state index in [1.165, 1.54) is 21.2 Å². The SMILES string of the molecule is O=S(=O)(I)C(I)I. The molecule has 6 heteroatoms. The highest BCUT2D eigenvalue weighted by Gasteiger charge is 2.12. The summed E-state index contributed by atoms with van der Waals surface area (Å²) in [4.78, 5) is 0. The predicted molar refractivity (Wildman–Crippen MR) is 54.8 cm³/mol. The first-order chi connectivity index (χ1) is 2.94. The van der Waals surface area contributed by atoms with E-state index in [-0.39, 0.29) is 1.26 Å². The second-order valence-electron chi connectivity index (χ2n) is 0.736. The molecule has 0 aliphatic heterocycles. The maximum atomic E-state index is 10.3. The molecule has 0 unspecified atom stereocenters. The average Bonchev–Trinajstić information content (AvgIpc) is 1.31. The third-order valence-electron chi connectivity index (χ3n) is 0.213. The molecule has 0 saturated carbocycles. The van der Waals surface area contributed by atoms with E-state index in [1.807, 2.05) is 45.2 Å². The Morgan fingerprint density at radius 3 is 1.43 bits per heavy atom. The van der Waals surface area contributed by atoms with Crippen molar-refractivity contribution >= 4 is 73.4 Å². The Hall–Kier alpha value is 2.14. The van der Waals surface area contributed by atoms with Crippen molar-refractivity contribution in [3.05, 3.63) is 0 Å². The van der Waals surface area contributed by atoms with Crippen LogP contribution in [-0.2, 0) is 7.01 Å². The summed E-state index contributed by atoms with van der Waals surface area (Å²) in [6.07, 6.45) is 0. The van der Waals surface area contributed by atoms with Gasteiger partial charge in [0.25, 0.3) is 0 Å². The zero-order valence-electron chi connectivity index (χ0n) is 2.94. The third-order valence-corrected chi connectivity index (χ3v) is 12.0. The van der Waals surface area contributed by atoms with Gasteiger partial charge in [0.15, 0.2) is 1.26 Å². The zero-order chi connectivity index (χ0) is 6.08. The van der Waals surface area contributed by atoms with E-state index in [2.05, 4.69) is 0 Å². The van der Waals surface area contributed by atoms with E-state index < -0.39 is 7.01 Å². The predicted octanol–water partition coefficient (Wildman–Crippen LogP) is 1.90. The lowest BCUT2D eigenvalue weighted by Crippen LogP contribution is -1.94. The molecule has 0 saturated heterocycles. The Labute approximate surface area is 81.6 Å². The van der Waals surface area contributed by atoms with Crippen molar-refractivity contribution in [1.82, 2.24) is 0 Å². The lowest BCUT2D eigenvalue weighted by molar-refractivity contribution is 0.616. The van der Waals surface area contributed by atoms with Crippen molar-refractivity contribution in [2.45, 2.75) is 1.26 Å². The Morgan fingerprint density at radius 2 is 1.43 bits per heavy atom. The van der Waals surface area contributed by atoms with E-state index in [9.17, 15) is 8.42 Å². The standard InChI is InChI=1S/CHI3O2S/c2-1(3)7(4,5)6/h1H. The molecule has 2 nitrogen and oxygen atoms in total. The van der Waals surface area contributed by atoms with Crippen molar-refractivity contribution < 1.29 is 8.42 Å². The molecule has 0 N–H and O–H groups in total. The first-order valence-electron chi connectivity index (χ1n) is 1.16. The van der Waals surface area contributed by atoms with Gasteiger partial charge in [0, 0.05) is 0 Å². The highest BCUT2D eigenvalue weighted by Crippen LogP contribution is 2.22. The highest BCUT2D eigenvalue weighted by atomic mass is 127. The molecule has 0 radical (unpaired) electrons. The summed E-state index contributed by atoms with van der Waals surface area (Å²) in [7, 11) is -2.80. The van der Waals surface area contributed by atoms with Gasteiger partial charge in [-0.1, -0.05) is 45.2 Å². The van der Waals surface area contributed by atoms with Crippen LogP contribution in [0.2, 0.25) is 0 Å². The Morgan fingerprint density at radius 1 is 1.29 bits per heavy atom. The molecule has 0 aromatic carbocycles. The van der Waals surface area contributed by atoms with Gasteiger partial charge in [-0.2, -0.15) is 0 Å². The number of hydrogen-bond donors (Lipinski definition) is 0. The molecule has 0 bridgehead atoms. The minimum Gasteiger partial charge on any atom is -0.216 e. The van der Waals surface area contributed by atoms with Crippen LogP contribution >= 0.6 is 66.4 Å². The summed E-state index contributed by atoms with van der Waals surface area (Å²) in [6.45, 7) is 0. The lowest BCUT2D eigenvalue weighted by Gasteiger charge is -1.90. The number of hydrogen-bond acceptors (Lipinski definition) is 2. The Balaban J connectivity index is 4.10. The van der Waals surface area contributed by atoms with Gasteiger partial charge in [0.05, 0.1) is 21.2 Å². The van der Waals surface area contributed by atoms with Gasteiger partial charge in [-0.3, -0.25) is 0 Å². The molecule has 44 valence electrons. The van der Waals surface area contributed by atoms with E-state index >= 15 is 0 Å². The van der Waals surface area contributed by atoms with Gasteiger partial charge in [-0.25, -0.2) is 8.42 Å². The summed E-state index contributed by atoms with van der Waals surface area (Å²) < 4.78 is 20.3. The minimum atomic E-state index is -2.80. The summed E-state index contributed by atoms with van der Waals surface area (Å²) in [5.41, 5.74) is 0. The van der Waals surface area contributed by atoms with Gasteiger partial charge in [-0.15, -0.1) is 0 Å². The Bertz CT molecular complexity index is 135. The van der Waals surface area contributed by atoms with Crippen LogP contribution in [0.3, 0.4) is 0 Å². The molecule has 0 heterocycles. The molecule has 0 amide bonds. The second kappa shape index (κ2) is 3.34. The normalized spacial score (nSPS) is 12.6. The maximum absolute atomic E-state index is 10.3. The van der Waals surface area contributed by atoms with Gasteiger partial charge < -0.3 is 0 Å². The fraction of sp³-hybridized carbons (Fsp3) is 1.00. The van der Waals surface area contributed by atoms with Gasteiger partial charge in [0.2, 0.25) is 7.01 Å². The molecule has 0 atom stereocenters. The largest absolute Gasteiger partial charge is 0.224 e. The lowest BCUT2D eigenvalue weighted by atomic mass is 11.9. The van der Waals surface area contributed by atoms with Gasteiger partial charge in [-0.05, 0) is 0 Å². The Kier molecular flexibility index (Phi) is 4.37. The summed E-state index contributed by atoms with van der Waals surface area (Å²) >= 11 is 5.10. The van der Waals surface area contributed by atoms with Crippen LogP contribution in [0.15, 0.2) is 0 Å². The summed E-state index contributed by atoms with van der Waals surface area (Å²) in [5.74, 6) is 0.